The molecule has 2 aromatic rings. The van der Waals surface area contributed by atoms with Crippen LogP contribution in [0.15, 0.2) is 78.5 Å². The van der Waals surface area contributed by atoms with Crippen molar-refractivity contribution in [3.05, 3.63) is 84.1 Å². The zero-order chi connectivity index (χ0) is 19.2. The van der Waals surface area contributed by atoms with Gasteiger partial charge in [0.25, 0.3) is 0 Å². The molecule has 5 nitrogen and oxygen atoms in total. The third kappa shape index (κ3) is 4.49. The number of H-pyrrole nitrogens is 1. The third-order valence-electron chi connectivity index (χ3n) is 5.17. The molecule has 0 spiro atoms. The van der Waals surface area contributed by atoms with Crippen molar-refractivity contribution in [3.63, 3.8) is 0 Å². The second-order valence-electron chi connectivity index (χ2n) is 7.24. The monoisotopic (exact) mass is 378 g/mol. The minimum absolute atomic E-state index is 0.210. The molecule has 4 rings (SSSR count). The number of unbranched alkanes of at least 4 members (excludes halogenated alkanes) is 1. The highest BCUT2D eigenvalue weighted by molar-refractivity contribution is 5.82. The van der Waals surface area contributed by atoms with Crippen molar-refractivity contribution in [2.45, 2.75) is 25.7 Å². The van der Waals surface area contributed by atoms with E-state index in [2.05, 4.69) is 46.8 Å². The molecule has 146 valence electrons. The van der Waals surface area contributed by atoms with Crippen LogP contribution in [0.2, 0.25) is 0 Å². The van der Waals surface area contributed by atoms with Gasteiger partial charge in [0.05, 0.1) is 0 Å². The lowest BCUT2D eigenvalue weighted by Gasteiger charge is -2.21. The summed E-state index contributed by atoms with van der Waals surface area (Å²) < 4.78 is 10.4. The number of aliphatic hydroxyl groups is 1. The number of hydrogen-bond acceptors (Lipinski definition) is 4. The Bertz CT molecular complexity index is 936. The fraction of sp³-hybridized carbons (Fsp3) is 0.304. The van der Waals surface area contributed by atoms with Crippen molar-refractivity contribution in [3.8, 4) is 0 Å². The maximum absolute atomic E-state index is 9.44. The van der Waals surface area contributed by atoms with E-state index in [9.17, 15) is 5.11 Å². The van der Waals surface area contributed by atoms with Gasteiger partial charge in [0.15, 0.2) is 12.0 Å². The molecule has 1 aromatic carbocycles. The summed E-state index contributed by atoms with van der Waals surface area (Å²) in [5.74, 6) is 0.775. The van der Waals surface area contributed by atoms with E-state index in [0.29, 0.717) is 11.7 Å². The van der Waals surface area contributed by atoms with Gasteiger partial charge in [0, 0.05) is 23.6 Å². The summed E-state index contributed by atoms with van der Waals surface area (Å²) in [5.41, 5.74) is 3.66. The number of ether oxygens (including phenoxy) is 2. The van der Waals surface area contributed by atoms with Gasteiger partial charge in [-0.15, -0.1) is 0 Å². The number of rotatable bonds is 8. The third-order valence-corrected chi connectivity index (χ3v) is 5.17. The average Bonchev–Trinajstić information content (AvgIpc) is 3.14. The minimum atomic E-state index is -0.210. The molecule has 0 radical (unpaired) electrons. The van der Waals surface area contributed by atoms with Crippen LogP contribution in [0.1, 0.15) is 24.8 Å². The number of aliphatic hydroxyl groups excluding tert-OH is 1. The van der Waals surface area contributed by atoms with Crippen LogP contribution in [0.4, 0.5) is 0 Å². The smallest absolute Gasteiger partial charge is 0.319 e. The number of hydrogen-bond donors (Lipinski definition) is 3. The first-order chi connectivity index (χ1) is 13.8. The Kier molecular flexibility index (Phi) is 5.83. The largest absolute Gasteiger partial charge is 0.478 e. The molecular formula is C23H26N2O3. The highest BCUT2D eigenvalue weighted by atomic mass is 16.6. The number of aryl methyl sites for hydroxylation is 1. The van der Waals surface area contributed by atoms with Gasteiger partial charge in [-0.3, -0.25) is 0 Å². The van der Waals surface area contributed by atoms with Gasteiger partial charge in [-0.25, -0.2) is 0 Å². The summed E-state index contributed by atoms with van der Waals surface area (Å²) in [6.45, 7) is 1.94. The van der Waals surface area contributed by atoms with E-state index in [4.69, 9.17) is 9.47 Å². The number of aromatic nitrogens is 1. The van der Waals surface area contributed by atoms with Crippen molar-refractivity contribution in [2.75, 3.05) is 13.1 Å². The van der Waals surface area contributed by atoms with Gasteiger partial charge in [-0.05, 0) is 55.3 Å². The molecule has 0 saturated heterocycles. The van der Waals surface area contributed by atoms with Crippen LogP contribution in [0.25, 0.3) is 10.9 Å². The van der Waals surface area contributed by atoms with Gasteiger partial charge >= 0.3 is 5.95 Å². The molecule has 5 heteroatoms. The molecule has 1 unspecified atom stereocenters. The van der Waals surface area contributed by atoms with E-state index in [1.807, 2.05) is 12.2 Å². The second-order valence-corrected chi connectivity index (χ2v) is 7.24. The first kappa shape index (κ1) is 18.4. The van der Waals surface area contributed by atoms with Gasteiger partial charge in [0.1, 0.15) is 6.26 Å². The van der Waals surface area contributed by atoms with Crippen molar-refractivity contribution >= 4 is 10.9 Å². The summed E-state index contributed by atoms with van der Waals surface area (Å²) in [4.78, 5) is 3.35. The number of aromatic amines is 1. The Balaban J connectivity index is 1.16. The highest BCUT2D eigenvalue weighted by Gasteiger charge is 2.18. The van der Waals surface area contributed by atoms with Crippen LogP contribution in [0, 0.1) is 5.92 Å². The molecule has 28 heavy (non-hydrogen) atoms. The minimum Gasteiger partial charge on any atom is -0.478 e. The highest BCUT2D eigenvalue weighted by Crippen LogP contribution is 2.28. The molecule has 2 aliphatic rings. The first-order valence-electron chi connectivity index (χ1n) is 9.85. The van der Waals surface area contributed by atoms with E-state index in [-0.39, 0.29) is 5.95 Å². The lowest BCUT2D eigenvalue weighted by Crippen LogP contribution is -2.24. The lowest BCUT2D eigenvalue weighted by molar-refractivity contribution is 0.108. The summed E-state index contributed by atoms with van der Waals surface area (Å²) in [7, 11) is 0. The Morgan fingerprint density at radius 3 is 3.04 bits per heavy atom. The molecule has 2 heterocycles. The molecule has 0 saturated carbocycles. The van der Waals surface area contributed by atoms with E-state index >= 15 is 0 Å². The molecular weight excluding hydrogens is 352 g/mol. The van der Waals surface area contributed by atoms with E-state index in [1.54, 1.807) is 0 Å². The Labute approximate surface area is 165 Å². The Morgan fingerprint density at radius 2 is 2.11 bits per heavy atom. The zero-order valence-electron chi connectivity index (χ0n) is 15.9. The molecule has 0 amide bonds. The van der Waals surface area contributed by atoms with Crippen LogP contribution in [-0.2, 0) is 15.9 Å². The number of fused-ring (bicyclic) bond motifs is 1. The topological polar surface area (TPSA) is 66.5 Å². The molecule has 1 atom stereocenters. The zero-order valence-corrected chi connectivity index (χ0v) is 15.9. The maximum atomic E-state index is 9.44. The summed E-state index contributed by atoms with van der Waals surface area (Å²) in [5, 5.41) is 14.3. The van der Waals surface area contributed by atoms with Crippen molar-refractivity contribution in [1.82, 2.24) is 10.3 Å². The van der Waals surface area contributed by atoms with Crippen molar-refractivity contribution < 1.29 is 14.6 Å². The van der Waals surface area contributed by atoms with Crippen LogP contribution >= 0.6 is 0 Å². The lowest BCUT2D eigenvalue weighted by atomic mass is 9.93. The molecule has 3 N–H and O–H groups in total. The van der Waals surface area contributed by atoms with Gasteiger partial charge in [-0.2, -0.15) is 0 Å². The Morgan fingerprint density at radius 1 is 1.18 bits per heavy atom. The molecule has 0 bridgehead atoms. The summed E-state index contributed by atoms with van der Waals surface area (Å²) in [6.07, 6.45) is 15.4. The van der Waals surface area contributed by atoms with Crippen molar-refractivity contribution in [1.29, 1.82) is 0 Å². The average molecular weight is 378 g/mol. The standard InChI is InChI=1S/C23H26N2O3/c26-23-16-27-15-22(28-23)18-8-5-6-17(12-18)13-24-11-4-3-7-19-14-25-21-10-2-1-9-20(19)21/h1-2,5-6,8-10,14-17,24-26H,3-4,7,11-13H2. The fourth-order valence-electron chi connectivity index (χ4n) is 3.72. The first-order valence-corrected chi connectivity index (χ1v) is 9.85. The van der Waals surface area contributed by atoms with Gasteiger partial charge < -0.3 is 24.9 Å². The van der Waals surface area contributed by atoms with E-state index in [1.165, 1.54) is 35.4 Å². The predicted octanol–water partition coefficient (Wildman–Crippen LogP) is 4.83. The van der Waals surface area contributed by atoms with Crippen LogP contribution in [0.5, 0.6) is 0 Å². The molecule has 1 aromatic heterocycles. The van der Waals surface area contributed by atoms with E-state index < -0.39 is 0 Å². The fourth-order valence-corrected chi connectivity index (χ4v) is 3.72. The molecule has 1 aliphatic heterocycles. The van der Waals surface area contributed by atoms with Crippen LogP contribution in [0.3, 0.4) is 0 Å². The predicted molar refractivity (Wildman–Crippen MR) is 110 cm³/mol. The maximum Gasteiger partial charge on any atom is 0.319 e. The number of benzene rings is 1. The Hall–Kier alpha value is -2.92. The SMILES string of the molecule is OC1=COC=C(C2=CC=CC(CNCCCCc3c[nH]c4ccccc34)C2)O1. The normalized spacial score (nSPS) is 18.9. The summed E-state index contributed by atoms with van der Waals surface area (Å²) >= 11 is 0. The van der Waals surface area contributed by atoms with Crippen molar-refractivity contribution in [2.24, 2.45) is 5.92 Å². The number of nitrogens with one attached hydrogen (secondary N) is 2. The number of para-hydroxylation sites is 1. The second kappa shape index (κ2) is 8.85. The number of allylic oxidation sites excluding steroid dienone is 3. The van der Waals surface area contributed by atoms with Crippen LogP contribution in [-0.4, -0.2) is 23.2 Å². The summed E-state index contributed by atoms with van der Waals surface area (Å²) in [6, 6.07) is 8.47. The van der Waals surface area contributed by atoms with Crippen LogP contribution < -0.4 is 5.32 Å². The quantitative estimate of drug-likeness (QED) is 0.576. The van der Waals surface area contributed by atoms with Gasteiger partial charge in [0.2, 0.25) is 0 Å². The van der Waals surface area contributed by atoms with E-state index in [0.717, 1.165) is 37.9 Å². The van der Waals surface area contributed by atoms with Gasteiger partial charge in [-0.1, -0.05) is 36.4 Å². The molecule has 1 aliphatic carbocycles. The molecule has 0 fully saturated rings.